The zero-order valence-corrected chi connectivity index (χ0v) is 17.6. The van der Waals surface area contributed by atoms with Crippen LogP contribution in [-0.4, -0.2) is 24.0 Å². The molecule has 11 heteroatoms. The molecule has 1 amide bonds. The van der Waals surface area contributed by atoms with Gasteiger partial charge in [0.2, 0.25) is 5.76 Å². The first-order valence-corrected chi connectivity index (χ1v) is 9.53. The van der Waals surface area contributed by atoms with Gasteiger partial charge in [-0.3, -0.25) is 4.79 Å². The zero-order valence-electron chi connectivity index (χ0n) is 14.4. The summed E-state index contributed by atoms with van der Waals surface area (Å²) >= 11 is 6.49. The van der Waals surface area contributed by atoms with Gasteiger partial charge in [-0.15, -0.1) is 0 Å². The van der Waals surface area contributed by atoms with Crippen LogP contribution in [0.15, 0.2) is 55.9 Å². The lowest BCUT2D eigenvalue weighted by Crippen LogP contribution is -2.31. The number of hydrogen-bond acceptors (Lipinski definition) is 6. The molecule has 0 spiro atoms. The average Bonchev–Trinajstić information content (AvgIpc) is 3.14. The van der Waals surface area contributed by atoms with E-state index >= 15 is 0 Å². The van der Waals surface area contributed by atoms with Gasteiger partial charge in [-0.1, -0.05) is 0 Å². The predicted octanol–water partition coefficient (Wildman–Crippen LogP) is 4.44. The molecule has 1 atom stereocenters. The maximum absolute atomic E-state index is 13.6. The third kappa shape index (κ3) is 5.67. The summed E-state index contributed by atoms with van der Waals surface area (Å²) in [6.07, 6.45) is -1.17. The fraction of sp³-hybridized carbons (Fsp3) is 0.111. The van der Waals surface area contributed by atoms with Crippen molar-refractivity contribution >= 4 is 37.8 Å². The lowest BCUT2D eigenvalue weighted by molar-refractivity contribution is -0.0329. The average molecular weight is 534 g/mol. The summed E-state index contributed by atoms with van der Waals surface area (Å²) < 4.78 is 49.5. The molecule has 0 saturated carbocycles. The first-order chi connectivity index (χ1) is 13.8. The standard InChI is InChI=1S/C18H12Br2F2N2O5/c19-11-3-1-9(21)5-13(11)26-8-17(27-14-6-10(22)2-4-12(14)20)28-16-7-15(18(23)25)29-24-16/h1-7,17H,8H2,(H2,23,25). The Hall–Kier alpha value is -2.66. The smallest absolute Gasteiger partial charge is 0.287 e. The number of benzene rings is 2. The number of ether oxygens (including phenoxy) is 3. The molecular formula is C18H12Br2F2N2O5. The van der Waals surface area contributed by atoms with Crippen LogP contribution in [0.3, 0.4) is 0 Å². The second-order valence-electron chi connectivity index (χ2n) is 5.52. The lowest BCUT2D eigenvalue weighted by atomic mass is 10.3. The molecule has 0 saturated heterocycles. The SMILES string of the molecule is NC(=O)c1cc(OC(COc2cc(F)ccc2Br)Oc2cc(F)ccc2Br)no1. The number of nitrogens with two attached hydrogens (primary N) is 1. The van der Waals surface area contributed by atoms with Crippen LogP contribution in [0.5, 0.6) is 17.4 Å². The molecule has 29 heavy (non-hydrogen) atoms. The number of hydrogen-bond donors (Lipinski definition) is 1. The molecule has 7 nitrogen and oxygen atoms in total. The van der Waals surface area contributed by atoms with Crippen molar-refractivity contribution in [2.75, 3.05) is 6.61 Å². The first kappa shape index (κ1) is 21.1. The third-order valence-corrected chi connectivity index (χ3v) is 4.71. The van der Waals surface area contributed by atoms with Crippen molar-refractivity contribution in [1.82, 2.24) is 5.16 Å². The minimum absolute atomic E-state index is 0.113. The van der Waals surface area contributed by atoms with E-state index in [1.807, 2.05) is 0 Å². The van der Waals surface area contributed by atoms with E-state index in [0.29, 0.717) is 8.95 Å². The summed E-state index contributed by atoms with van der Waals surface area (Å²) in [5.74, 6) is -1.89. The number of nitrogens with zero attached hydrogens (tertiary/aromatic N) is 1. The Labute approximate surface area is 180 Å². The van der Waals surface area contributed by atoms with Gasteiger partial charge in [0.1, 0.15) is 23.1 Å². The van der Waals surface area contributed by atoms with Crippen LogP contribution in [0.25, 0.3) is 0 Å². The molecule has 0 fully saturated rings. The van der Waals surface area contributed by atoms with Crippen LogP contribution >= 0.6 is 31.9 Å². The van der Waals surface area contributed by atoms with E-state index in [1.165, 1.54) is 30.3 Å². The van der Waals surface area contributed by atoms with Gasteiger partial charge in [0.15, 0.2) is 6.61 Å². The molecule has 2 N–H and O–H groups in total. The number of amides is 1. The number of carbonyl (C=O) groups excluding carboxylic acids is 1. The number of rotatable bonds is 8. The van der Waals surface area contributed by atoms with Gasteiger partial charge in [-0.25, -0.2) is 8.78 Å². The molecule has 3 aromatic rings. The van der Waals surface area contributed by atoms with Gasteiger partial charge in [-0.05, 0) is 61.3 Å². The second kappa shape index (κ2) is 9.23. The largest absolute Gasteiger partial charge is 0.484 e. The van der Waals surface area contributed by atoms with Crippen molar-refractivity contribution < 1.29 is 32.3 Å². The van der Waals surface area contributed by atoms with Crippen molar-refractivity contribution in [3.05, 3.63) is 68.8 Å². The van der Waals surface area contributed by atoms with E-state index in [1.54, 1.807) is 0 Å². The lowest BCUT2D eigenvalue weighted by Gasteiger charge is -2.20. The predicted molar refractivity (Wildman–Crippen MR) is 104 cm³/mol. The molecule has 0 aliphatic heterocycles. The fourth-order valence-electron chi connectivity index (χ4n) is 2.11. The summed E-state index contributed by atoms with van der Waals surface area (Å²) in [4.78, 5) is 11.1. The molecule has 1 heterocycles. The molecular weight excluding hydrogens is 522 g/mol. The Balaban J connectivity index is 1.80. The Morgan fingerprint density at radius 3 is 2.28 bits per heavy atom. The van der Waals surface area contributed by atoms with E-state index in [2.05, 4.69) is 37.0 Å². The van der Waals surface area contributed by atoms with Gasteiger partial charge in [-0.2, -0.15) is 0 Å². The number of halogens is 4. The fourth-order valence-corrected chi connectivity index (χ4v) is 2.81. The van der Waals surface area contributed by atoms with Gasteiger partial charge in [0.25, 0.3) is 18.1 Å². The normalized spacial score (nSPS) is 11.7. The highest BCUT2D eigenvalue weighted by Gasteiger charge is 2.20. The van der Waals surface area contributed by atoms with Crippen molar-refractivity contribution in [3.63, 3.8) is 0 Å². The maximum Gasteiger partial charge on any atom is 0.287 e. The van der Waals surface area contributed by atoms with Crippen LogP contribution in [0.2, 0.25) is 0 Å². The first-order valence-electron chi connectivity index (χ1n) is 7.94. The number of carbonyl (C=O) groups is 1. The molecule has 152 valence electrons. The summed E-state index contributed by atoms with van der Waals surface area (Å²) in [6, 6.07) is 8.89. The Bertz CT molecular complexity index is 1030. The molecule has 1 aromatic heterocycles. The molecule has 0 radical (unpaired) electrons. The van der Waals surface area contributed by atoms with Crippen molar-refractivity contribution in [2.24, 2.45) is 5.73 Å². The van der Waals surface area contributed by atoms with E-state index in [0.717, 1.165) is 12.1 Å². The van der Waals surface area contributed by atoms with Crippen LogP contribution in [0.4, 0.5) is 8.78 Å². The van der Waals surface area contributed by atoms with Crippen molar-refractivity contribution in [3.8, 4) is 17.4 Å². The molecule has 0 aliphatic rings. The quantitative estimate of drug-likeness (QED) is 0.430. The topological polar surface area (TPSA) is 96.8 Å². The Morgan fingerprint density at radius 2 is 1.66 bits per heavy atom. The highest BCUT2D eigenvalue weighted by molar-refractivity contribution is 9.10. The summed E-state index contributed by atoms with van der Waals surface area (Å²) in [7, 11) is 0. The van der Waals surface area contributed by atoms with Gasteiger partial charge >= 0.3 is 0 Å². The van der Waals surface area contributed by atoms with Crippen LogP contribution in [-0.2, 0) is 0 Å². The molecule has 1 unspecified atom stereocenters. The van der Waals surface area contributed by atoms with Gasteiger partial charge in [0.05, 0.1) is 15.0 Å². The Morgan fingerprint density at radius 1 is 1.03 bits per heavy atom. The van der Waals surface area contributed by atoms with Crippen LogP contribution in [0.1, 0.15) is 10.6 Å². The van der Waals surface area contributed by atoms with E-state index < -0.39 is 23.8 Å². The minimum Gasteiger partial charge on any atom is -0.484 e. The van der Waals surface area contributed by atoms with E-state index in [-0.39, 0.29) is 29.7 Å². The number of primary amides is 1. The second-order valence-corrected chi connectivity index (χ2v) is 7.23. The highest BCUT2D eigenvalue weighted by Crippen LogP contribution is 2.29. The molecule has 0 aliphatic carbocycles. The number of aromatic nitrogens is 1. The zero-order chi connectivity index (χ0) is 21.0. The summed E-state index contributed by atoms with van der Waals surface area (Å²) in [5, 5.41) is 3.56. The van der Waals surface area contributed by atoms with Gasteiger partial charge < -0.3 is 24.5 Å². The molecule has 2 aromatic carbocycles. The highest BCUT2D eigenvalue weighted by atomic mass is 79.9. The Kier molecular flexibility index (Phi) is 6.70. The van der Waals surface area contributed by atoms with Crippen LogP contribution in [0, 0.1) is 11.6 Å². The monoisotopic (exact) mass is 532 g/mol. The van der Waals surface area contributed by atoms with Crippen LogP contribution < -0.4 is 19.9 Å². The summed E-state index contributed by atoms with van der Waals surface area (Å²) in [6.45, 7) is -0.246. The third-order valence-electron chi connectivity index (χ3n) is 3.40. The molecule has 0 bridgehead atoms. The minimum atomic E-state index is -1.17. The summed E-state index contributed by atoms with van der Waals surface area (Å²) in [5.41, 5.74) is 5.11. The van der Waals surface area contributed by atoms with Crippen molar-refractivity contribution in [1.29, 1.82) is 0 Å². The maximum atomic E-state index is 13.6. The molecule has 3 rings (SSSR count). The van der Waals surface area contributed by atoms with Gasteiger partial charge in [0, 0.05) is 12.1 Å². The van der Waals surface area contributed by atoms with E-state index in [4.69, 9.17) is 24.5 Å². The van der Waals surface area contributed by atoms with Crippen molar-refractivity contribution in [2.45, 2.75) is 6.29 Å². The van der Waals surface area contributed by atoms with E-state index in [9.17, 15) is 13.6 Å².